The van der Waals surface area contributed by atoms with Crippen LogP contribution in [0.15, 0.2) is 24.3 Å². The maximum Gasteiger partial charge on any atom is 0.410 e. The van der Waals surface area contributed by atoms with Crippen LogP contribution in [0.5, 0.6) is 0 Å². The Balaban J connectivity index is 1.71. The van der Waals surface area contributed by atoms with E-state index in [0.717, 1.165) is 35.6 Å². The Bertz CT molecular complexity index is 925. The second-order valence-electron chi connectivity index (χ2n) is 9.05. The Kier molecular flexibility index (Phi) is 6.19. The molecule has 1 N–H and O–H groups in total. The van der Waals surface area contributed by atoms with Gasteiger partial charge in [-0.15, -0.1) is 0 Å². The first-order chi connectivity index (χ1) is 14.0. The monoisotopic (exact) mass is 412 g/mol. The van der Waals surface area contributed by atoms with Gasteiger partial charge in [0, 0.05) is 13.1 Å². The van der Waals surface area contributed by atoms with Gasteiger partial charge >= 0.3 is 6.09 Å². The van der Waals surface area contributed by atoms with Gasteiger partial charge in [0.15, 0.2) is 0 Å². The Morgan fingerprint density at radius 1 is 1.13 bits per heavy atom. The number of anilines is 1. The summed E-state index contributed by atoms with van der Waals surface area (Å²) in [6.45, 7) is 12.4. The van der Waals surface area contributed by atoms with Crippen LogP contribution in [0, 0.1) is 26.7 Å². The summed E-state index contributed by atoms with van der Waals surface area (Å²) in [5, 5.41) is 7.67. The summed E-state index contributed by atoms with van der Waals surface area (Å²) in [6, 6.07) is 8.11. The molecule has 2 amide bonds. The molecule has 1 fully saturated rings. The lowest BCUT2D eigenvalue weighted by molar-refractivity contribution is -0.121. The molecule has 1 saturated heterocycles. The van der Waals surface area contributed by atoms with E-state index in [2.05, 4.69) is 10.4 Å². The van der Waals surface area contributed by atoms with Crippen LogP contribution in [0.2, 0.25) is 0 Å². The molecule has 1 aliphatic rings. The molecule has 30 heavy (non-hydrogen) atoms. The summed E-state index contributed by atoms with van der Waals surface area (Å²) in [6.07, 6.45) is 1.16. The number of aryl methyl sites for hydroxylation is 2. The maximum absolute atomic E-state index is 13.0. The van der Waals surface area contributed by atoms with E-state index in [0.29, 0.717) is 13.1 Å². The van der Waals surface area contributed by atoms with Gasteiger partial charge in [-0.05, 0) is 66.5 Å². The number of rotatable bonds is 3. The summed E-state index contributed by atoms with van der Waals surface area (Å²) in [5.74, 6) is -0.356. The zero-order chi connectivity index (χ0) is 22.1. The average Bonchev–Trinajstić information content (AvgIpc) is 2.95. The second-order valence-corrected chi connectivity index (χ2v) is 9.05. The van der Waals surface area contributed by atoms with E-state index in [9.17, 15) is 9.59 Å². The summed E-state index contributed by atoms with van der Waals surface area (Å²) < 4.78 is 7.31. The van der Waals surface area contributed by atoms with E-state index in [4.69, 9.17) is 4.74 Å². The van der Waals surface area contributed by atoms with Crippen molar-refractivity contribution < 1.29 is 14.3 Å². The molecule has 2 aromatic rings. The fraction of sp³-hybridized carbons (Fsp3) is 0.522. The lowest BCUT2D eigenvalue weighted by Gasteiger charge is -2.33. The van der Waals surface area contributed by atoms with Crippen molar-refractivity contribution in [2.45, 2.75) is 60.0 Å². The van der Waals surface area contributed by atoms with Crippen LogP contribution >= 0.6 is 0 Å². The predicted octanol–water partition coefficient (Wildman–Crippen LogP) is 4.38. The average molecular weight is 413 g/mol. The van der Waals surface area contributed by atoms with Crippen LogP contribution in [0.1, 0.15) is 50.6 Å². The summed E-state index contributed by atoms with van der Waals surface area (Å²) in [4.78, 5) is 27.0. The molecule has 162 valence electrons. The van der Waals surface area contributed by atoms with E-state index < -0.39 is 5.60 Å². The van der Waals surface area contributed by atoms with E-state index in [1.807, 2.05) is 70.5 Å². The lowest BCUT2D eigenvalue weighted by atomic mass is 9.97. The number of likely N-dealkylation sites (tertiary alicyclic amines) is 1. The largest absolute Gasteiger partial charge is 0.444 e. The number of hydrogen-bond acceptors (Lipinski definition) is 4. The van der Waals surface area contributed by atoms with E-state index >= 15 is 0 Å². The van der Waals surface area contributed by atoms with Crippen molar-refractivity contribution in [3.63, 3.8) is 0 Å². The van der Waals surface area contributed by atoms with Gasteiger partial charge in [0.05, 0.1) is 28.7 Å². The Labute approximate surface area is 178 Å². The third-order valence-corrected chi connectivity index (χ3v) is 5.26. The first-order valence-corrected chi connectivity index (χ1v) is 10.5. The molecular weight excluding hydrogens is 380 g/mol. The lowest BCUT2D eigenvalue weighted by Crippen LogP contribution is -2.45. The Hall–Kier alpha value is -2.83. The van der Waals surface area contributed by atoms with Crippen LogP contribution in [0.3, 0.4) is 0 Å². The molecule has 0 bridgehead atoms. The quantitative estimate of drug-likeness (QED) is 0.811. The highest BCUT2D eigenvalue weighted by Crippen LogP contribution is 2.26. The second kappa shape index (κ2) is 8.50. The highest BCUT2D eigenvalue weighted by atomic mass is 16.6. The van der Waals surface area contributed by atoms with Crippen molar-refractivity contribution in [1.82, 2.24) is 14.7 Å². The van der Waals surface area contributed by atoms with Crippen LogP contribution in [0.25, 0.3) is 5.69 Å². The molecule has 1 aromatic carbocycles. The molecule has 2 heterocycles. The van der Waals surface area contributed by atoms with Crippen LogP contribution in [-0.4, -0.2) is 45.4 Å². The van der Waals surface area contributed by atoms with Gasteiger partial charge in [-0.25, -0.2) is 9.48 Å². The van der Waals surface area contributed by atoms with Crippen molar-refractivity contribution in [3.8, 4) is 5.69 Å². The maximum atomic E-state index is 13.0. The molecule has 1 atom stereocenters. The fourth-order valence-corrected chi connectivity index (χ4v) is 3.67. The number of piperidine rings is 1. The SMILES string of the molecule is Cc1ccc(-n2nc(C)c(NC(=O)[C@@H]3CCCN(C(=O)OC(C)(C)C)C3)c2C)cc1. The Morgan fingerprint density at radius 3 is 2.43 bits per heavy atom. The third-order valence-electron chi connectivity index (χ3n) is 5.26. The topological polar surface area (TPSA) is 76.5 Å². The molecule has 0 unspecified atom stereocenters. The minimum absolute atomic E-state index is 0.0853. The zero-order valence-corrected chi connectivity index (χ0v) is 18.8. The van der Waals surface area contributed by atoms with Crippen molar-refractivity contribution in [2.24, 2.45) is 5.92 Å². The number of ether oxygens (including phenoxy) is 1. The summed E-state index contributed by atoms with van der Waals surface area (Å²) in [5.41, 5.74) is 3.96. The highest BCUT2D eigenvalue weighted by molar-refractivity contribution is 5.94. The molecule has 0 radical (unpaired) electrons. The number of hydrogen-bond donors (Lipinski definition) is 1. The van der Waals surface area contributed by atoms with Crippen LogP contribution in [0.4, 0.5) is 10.5 Å². The number of nitrogens with one attached hydrogen (secondary N) is 1. The van der Waals surface area contributed by atoms with Gasteiger partial charge in [-0.3, -0.25) is 4.79 Å². The molecule has 7 nitrogen and oxygen atoms in total. The van der Waals surface area contributed by atoms with Gasteiger partial charge in [0.25, 0.3) is 0 Å². The van der Waals surface area contributed by atoms with Crippen molar-refractivity contribution >= 4 is 17.7 Å². The van der Waals surface area contributed by atoms with Crippen molar-refractivity contribution in [3.05, 3.63) is 41.2 Å². The van der Waals surface area contributed by atoms with Gasteiger partial charge < -0.3 is 15.0 Å². The normalized spacial score (nSPS) is 17.0. The van der Waals surface area contributed by atoms with E-state index in [1.165, 1.54) is 5.56 Å². The standard InChI is InChI=1S/C23H32N4O3/c1-15-9-11-19(12-10-15)27-17(3)20(16(2)25-27)24-21(28)18-8-7-13-26(14-18)22(29)30-23(4,5)6/h9-12,18H,7-8,13-14H2,1-6H3,(H,24,28)/t18-/m1/s1. The van der Waals surface area contributed by atoms with Gasteiger partial charge in [0.1, 0.15) is 5.60 Å². The molecule has 0 saturated carbocycles. The molecule has 0 aliphatic carbocycles. The summed E-state index contributed by atoms with van der Waals surface area (Å²) in [7, 11) is 0. The van der Waals surface area contributed by atoms with Gasteiger partial charge in [-0.2, -0.15) is 5.10 Å². The number of carbonyl (C=O) groups excluding carboxylic acids is 2. The summed E-state index contributed by atoms with van der Waals surface area (Å²) >= 11 is 0. The van der Waals surface area contributed by atoms with Crippen LogP contribution in [-0.2, 0) is 9.53 Å². The number of aromatic nitrogens is 2. The Morgan fingerprint density at radius 2 is 1.80 bits per heavy atom. The zero-order valence-electron chi connectivity index (χ0n) is 18.8. The van der Waals surface area contributed by atoms with Crippen molar-refractivity contribution in [1.29, 1.82) is 0 Å². The van der Waals surface area contributed by atoms with E-state index in [-0.39, 0.29) is 17.9 Å². The smallest absolute Gasteiger partial charge is 0.410 e. The fourth-order valence-electron chi connectivity index (χ4n) is 3.67. The predicted molar refractivity (Wildman–Crippen MR) is 117 cm³/mol. The van der Waals surface area contributed by atoms with Gasteiger partial charge in [0.2, 0.25) is 5.91 Å². The molecule has 3 rings (SSSR count). The van der Waals surface area contributed by atoms with Gasteiger partial charge in [-0.1, -0.05) is 17.7 Å². The highest BCUT2D eigenvalue weighted by Gasteiger charge is 2.31. The molecule has 7 heteroatoms. The first-order valence-electron chi connectivity index (χ1n) is 10.5. The number of benzene rings is 1. The number of carbonyl (C=O) groups is 2. The van der Waals surface area contributed by atoms with Crippen molar-refractivity contribution in [2.75, 3.05) is 18.4 Å². The number of amides is 2. The minimum atomic E-state index is -0.551. The molecular formula is C23H32N4O3. The van der Waals surface area contributed by atoms with Crippen LogP contribution < -0.4 is 5.32 Å². The molecule has 1 aliphatic heterocycles. The first kappa shape index (κ1) is 21.9. The molecule has 1 aromatic heterocycles. The van der Waals surface area contributed by atoms with E-state index in [1.54, 1.807) is 4.90 Å². The minimum Gasteiger partial charge on any atom is -0.444 e. The third kappa shape index (κ3) is 5.01. The number of nitrogens with zero attached hydrogens (tertiary/aromatic N) is 3. The molecule has 0 spiro atoms.